The van der Waals surface area contributed by atoms with E-state index in [-0.39, 0.29) is 5.91 Å². The minimum atomic E-state index is -0.167. The summed E-state index contributed by atoms with van der Waals surface area (Å²) >= 11 is 0. The first-order valence-electron chi connectivity index (χ1n) is 11.2. The zero-order valence-electron chi connectivity index (χ0n) is 19.0. The van der Waals surface area contributed by atoms with Crippen LogP contribution in [0.4, 0.5) is 0 Å². The van der Waals surface area contributed by atoms with Crippen molar-refractivity contribution in [1.29, 1.82) is 0 Å². The summed E-state index contributed by atoms with van der Waals surface area (Å²) in [6.07, 6.45) is 3.46. The highest BCUT2D eigenvalue weighted by molar-refractivity contribution is 5.92. The molecule has 1 aliphatic heterocycles. The van der Waals surface area contributed by atoms with Gasteiger partial charge in [0, 0.05) is 44.3 Å². The molecule has 170 valence electrons. The fourth-order valence-electron chi connectivity index (χ4n) is 3.55. The summed E-state index contributed by atoms with van der Waals surface area (Å²) in [4.78, 5) is 19.4. The molecule has 1 saturated heterocycles. The smallest absolute Gasteiger partial charge is 0.287 e. The third-order valence-electron chi connectivity index (χ3n) is 5.11. The van der Waals surface area contributed by atoms with Crippen molar-refractivity contribution >= 4 is 11.9 Å². The molecule has 1 unspecified atom stereocenters. The Morgan fingerprint density at radius 1 is 1.20 bits per heavy atom. The minimum absolute atomic E-state index is 0.167. The van der Waals surface area contributed by atoms with Crippen LogP contribution in [0.25, 0.3) is 0 Å². The maximum atomic E-state index is 12.1. The van der Waals surface area contributed by atoms with Crippen LogP contribution in [0.1, 0.15) is 49.7 Å². The van der Waals surface area contributed by atoms with Gasteiger partial charge in [-0.25, -0.2) is 0 Å². The van der Waals surface area contributed by atoms with Gasteiger partial charge in [-0.15, -0.1) is 0 Å². The molecule has 1 atom stereocenters. The van der Waals surface area contributed by atoms with Gasteiger partial charge in [0.15, 0.2) is 11.7 Å². The molecule has 0 spiro atoms. The highest BCUT2D eigenvalue weighted by Crippen LogP contribution is 2.14. The molecule has 1 aliphatic rings. The van der Waals surface area contributed by atoms with E-state index in [0.29, 0.717) is 24.3 Å². The average molecular weight is 422 g/mol. The van der Waals surface area contributed by atoms with E-state index in [4.69, 9.17) is 14.1 Å². The molecule has 2 heterocycles. The van der Waals surface area contributed by atoms with Gasteiger partial charge in [-0.3, -0.25) is 14.7 Å². The van der Waals surface area contributed by atoms with Crippen LogP contribution in [-0.4, -0.2) is 75.3 Å². The van der Waals surface area contributed by atoms with E-state index < -0.39 is 0 Å². The number of hydrogen-bond donors (Lipinski definition) is 3. The molecule has 0 aliphatic carbocycles. The minimum Gasteiger partial charge on any atom is -0.459 e. The monoisotopic (exact) mass is 421 g/mol. The van der Waals surface area contributed by atoms with Crippen LogP contribution in [-0.2, 0) is 4.74 Å². The van der Waals surface area contributed by atoms with Crippen molar-refractivity contribution in [3.8, 4) is 0 Å². The lowest BCUT2D eigenvalue weighted by Crippen LogP contribution is -2.46. The van der Waals surface area contributed by atoms with Crippen molar-refractivity contribution < 1.29 is 13.9 Å². The van der Waals surface area contributed by atoms with Gasteiger partial charge in [0.25, 0.3) is 5.91 Å². The Morgan fingerprint density at radius 2 is 1.93 bits per heavy atom. The number of carbonyl (C=O) groups is 1. The number of aliphatic imine (C=N–C) groups is 1. The van der Waals surface area contributed by atoms with Crippen LogP contribution in [0.2, 0.25) is 0 Å². The maximum absolute atomic E-state index is 12.1. The van der Waals surface area contributed by atoms with Gasteiger partial charge in [-0.2, -0.15) is 0 Å². The first-order chi connectivity index (χ1) is 14.5. The Labute approximate surface area is 180 Å². The molecule has 8 heteroatoms. The first kappa shape index (κ1) is 24.2. The van der Waals surface area contributed by atoms with E-state index in [1.54, 1.807) is 6.07 Å². The molecule has 2 rings (SSSR count). The lowest BCUT2D eigenvalue weighted by atomic mass is 10.0. The van der Waals surface area contributed by atoms with Gasteiger partial charge in [0.2, 0.25) is 0 Å². The molecule has 0 saturated carbocycles. The van der Waals surface area contributed by atoms with E-state index in [0.717, 1.165) is 70.3 Å². The zero-order valence-corrected chi connectivity index (χ0v) is 19.0. The number of nitrogens with zero attached hydrogens (tertiary/aromatic N) is 2. The summed E-state index contributed by atoms with van der Waals surface area (Å²) < 4.78 is 10.7. The number of guanidine groups is 1. The Morgan fingerprint density at radius 3 is 2.57 bits per heavy atom. The Bertz CT molecular complexity index is 653. The van der Waals surface area contributed by atoms with Crippen molar-refractivity contribution in [2.24, 2.45) is 10.9 Å². The standard InChI is InChI=1S/C22H39N5O3/c1-5-23-22(25-9-6-8-24-21(28)20-18(4)7-12-30-20)26-16-19(15-17(2)3)27-10-13-29-14-11-27/h7,12,17,19H,5-6,8-11,13-16H2,1-4H3,(H,24,28)(H2,23,25,26). The number of nitrogens with one attached hydrogen (secondary N) is 3. The van der Waals surface area contributed by atoms with Crippen molar-refractivity contribution in [3.63, 3.8) is 0 Å². The van der Waals surface area contributed by atoms with Gasteiger partial charge < -0.3 is 25.1 Å². The number of ether oxygens (including phenoxy) is 1. The zero-order chi connectivity index (χ0) is 21.8. The van der Waals surface area contributed by atoms with Gasteiger partial charge >= 0.3 is 0 Å². The van der Waals surface area contributed by atoms with E-state index in [2.05, 4.69) is 41.6 Å². The third-order valence-corrected chi connectivity index (χ3v) is 5.11. The Kier molecular flexibility index (Phi) is 10.7. The number of morpholine rings is 1. The lowest BCUT2D eigenvalue weighted by molar-refractivity contribution is 0.0143. The molecule has 0 aromatic carbocycles. The van der Waals surface area contributed by atoms with Crippen LogP contribution in [0.15, 0.2) is 21.7 Å². The lowest BCUT2D eigenvalue weighted by Gasteiger charge is -2.34. The molecule has 30 heavy (non-hydrogen) atoms. The normalized spacial score (nSPS) is 16.5. The van der Waals surface area contributed by atoms with Gasteiger partial charge in [0.1, 0.15) is 0 Å². The fourth-order valence-corrected chi connectivity index (χ4v) is 3.55. The number of amides is 1. The van der Waals surface area contributed by atoms with Crippen molar-refractivity contribution in [2.75, 3.05) is 52.5 Å². The SMILES string of the molecule is CCNC(=NCC(CC(C)C)N1CCOCC1)NCCCNC(=O)c1occc1C. The molecule has 3 N–H and O–H groups in total. The number of aryl methyl sites for hydroxylation is 1. The van der Waals surface area contributed by atoms with E-state index in [1.807, 2.05) is 6.92 Å². The van der Waals surface area contributed by atoms with Crippen LogP contribution in [0, 0.1) is 12.8 Å². The highest BCUT2D eigenvalue weighted by atomic mass is 16.5. The van der Waals surface area contributed by atoms with Crippen LogP contribution >= 0.6 is 0 Å². The molecule has 1 aromatic heterocycles. The number of hydrogen-bond acceptors (Lipinski definition) is 5. The third kappa shape index (κ3) is 8.36. The second-order valence-electron chi connectivity index (χ2n) is 8.12. The summed E-state index contributed by atoms with van der Waals surface area (Å²) in [7, 11) is 0. The molecular weight excluding hydrogens is 382 g/mol. The van der Waals surface area contributed by atoms with Crippen LogP contribution < -0.4 is 16.0 Å². The van der Waals surface area contributed by atoms with Crippen LogP contribution in [0.5, 0.6) is 0 Å². The predicted molar refractivity (Wildman–Crippen MR) is 120 cm³/mol. The molecule has 1 fully saturated rings. The predicted octanol–water partition coefficient (Wildman–Crippen LogP) is 2.01. The Balaban J connectivity index is 1.77. The van der Waals surface area contributed by atoms with Gasteiger partial charge in [-0.05, 0) is 38.7 Å². The van der Waals surface area contributed by atoms with Crippen molar-refractivity contribution in [3.05, 3.63) is 23.7 Å². The summed E-state index contributed by atoms with van der Waals surface area (Å²) in [6, 6.07) is 2.22. The fraction of sp³-hybridized carbons (Fsp3) is 0.727. The molecule has 1 aromatic rings. The maximum Gasteiger partial charge on any atom is 0.287 e. The largest absolute Gasteiger partial charge is 0.459 e. The van der Waals surface area contributed by atoms with E-state index in [9.17, 15) is 4.79 Å². The molecule has 8 nitrogen and oxygen atoms in total. The highest BCUT2D eigenvalue weighted by Gasteiger charge is 2.21. The van der Waals surface area contributed by atoms with Crippen LogP contribution in [0.3, 0.4) is 0 Å². The summed E-state index contributed by atoms with van der Waals surface area (Å²) in [5.74, 6) is 1.68. The van der Waals surface area contributed by atoms with Gasteiger partial charge in [0.05, 0.1) is 26.0 Å². The number of furan rings is 1. The van der Waals surface area contributed by atoms with E-state index in [1.165, 1.54) is 6.26 Å². The summed E-state index contributed by atoms with van der Waals surface area (Å²) in [6.45, 7) is 14.9. The van der Waals surface area contributed by atoms with Gasteiger partial charge in [-0.1, -0.05) is 13.8 Å². The molecule has 1 amide bonds. The average Bonchev–Trinajstić information content (AvgIpc) is 3.16. The first-order valence-corrected chi connectivity index (χ1v) is 11.2. The molecule has 0 radical (unpaired) electrons. The second kappa shape index (κ2) is 13.3. The quantitative estimate of drug-likeness (QED) is 0.288. The topological polar surface area (TPSA) is 91.1 Å². The van der Waals surface area contributed by atoms with E-state index >= 15 is 0 Å². The van der Waals surface area contributed by atoms with Crippen molar-refractivity contribution in [1.82, 2.24) is 20.9 Å². The number of carbonyl (C=O) groups excluding carboxylic acids is 1. The Hall–Kier alpha value is -2.06. The van der Waals surface area contributed by atoms with Crippen molar-refractivity contribution in [2.45, 2.75) is 46.6 Å². The summed E-state index contributed by atoms with van der Waals surface area (Å²) in [5.41, 5.74) is 0.850. The second-order valence-corrected chi connectivity index (χ2v) is 8.12. The molecule has 0 bridgehead atoms. The number of rotatable bonds is 11. The molecular formula is C22H39N5O3. The summed E-state index contributed by atoms with van der Waals surface area (Å²) in [5, 5.41) is 9.59.